The molecule has 3 aromatic rings. The molecule has 8 nitrogen and oxygen atoms in total. The molecule has 2 N–H and O–H groups in total. The van der Waals surface area contributed by atoms with Crippen molar-refractivity contribution in [3.63, 3.8) is 0 Å². The third kappa shape index (κ3) is 4.77. The smallest absolute Gasteiger partial charge is 0.256 e. The minimum absolute atomic E-state index is 0.0166. The molecule has 6 rings (SSSR count). The first-order valence-electron chi connectivity index (χ1n) is 14.1. The number of aromatic nitrogens is 1. The maximum Gasteiger partial charge on any atom is 0.256 e. The lowest BCUT2D eigenvalue weighted by molar-refractivity contribution is -0.110. The molecule has 4 heterocycles. The van der Waals surface area contributed by atoms with Crippen LogP contribution in [0, 0.1) is 6.92 Å². The van der Waals surface area contributed by atoms with Gasteiger partial charge in [-0.15, -0.1) is 0 Å². The van der Waals surface area contributed by atoms with E-state index >= 15 is 0 Å². The maximum absolute atomic E-state index is 13.7. The standard InChI is InChI=1S/C32H36N4O4/c1-20-17-24(32(38)36-15-11-22(12-16-36)35-13-4-5-14-35)27(33-20)19-25-30-23(7-6-8-26(30)34-31(25)37)21-9-10-28(39-2)29(18-21)40-3/h6-10,17-19,22,33H,4-5,11-16H2,1-3H3,(H,34,37)/b25-19-. The lowest BCUT2D eigenvalue weighted by Gasteiger charge is -2.36. The summed E-state index contributed by atoms with van der Waals surface area (Å²) in [6, 6.07) is 14.0. The minimum Gasteiger partial charge on any atom is -0.493 e. The summed E-state index contributed by atoms with van der Waals surface area (Å²) in [7, 11) is 3.21. The number of methoxy groups -OCH3 is 2. The lowest BCUT2D eigenvalue weighted by Crippen LogP contribution is -2.46. The highest BCUT2D eigenvalue weighted by Gasteiger charge is 2.31. The third-order valence-corrected chi connectivity index (χ3v) is 8.43. The van der Waals surface area contributed by atoms with E-state index in [1.54, 1.807) is 14.2 Å². The number of piperidine rings is 1. The van der Waals surface area contributed by atoms with Crippen LogP contribution in [0.1, 0.15) is 53.0 Å². The predicted octanol–water partition coefficient (Wildman–Crippen LogP) is 5.20. The molecule has 1 aromatic heterocycles. The first kappa shape index (κ1) is 26.2. The summed E-state index contributed by atoms with van der Waals surface area (Å²) >= 11 is 0. The van der Waals surface area contributed by atoms with Gasteiger partial charge in [-0.3, -0.25) is 9.59 Å². The number of ether oxygens (including phenoxy) is 2. The Hall–Kier alpha value is -4.04. The first-order valence-corrected chi connectivity index (χ1v) is 14.1. The summed E-state index contributed by atoms with van der Waals surface area (Å²) in [6.45, 7) is 5.82. The second-order valence-electron chi connectivity index (χ2n) is 10.9. The average Bonchev–Trinajstić information content (AvgIpc) is 3.72. The fourth-order valence-corrected chi connectivity index (χ4v) is 6.39. The Bertz CT molecular complexity index is 1480. The first-order chi connectivity index (χ1) is 19.5. The molecule has 0 saturated carbocycles. The van der Waals surface area contributed by atoms with Gasteiger partial charge in [-0.05, 0) is 87.2 Å². The highest BCUT2D eigenvalue weighted by atomic mass is 16.5. The van der Waals surface area contributed by atoms with E-state index in [4.69, 9.17) is 9.47 Å². The van der Waals surface area contributed by atoms with Crippen molar-refractivity contribution in [2.45, 2.75) is 38.6 Å². The zero-order valence-corrected chi connectivity index (χ0v) is 23.4. The number of carbonyl (C=O) groups excluding carboxylic acids is 2. The lowest BCUT2D eigenvalue weighted by atomic mass is 9.93. The number of hydrogen-bond acceptors (Lipinski definition) is 5. The van der Waals surface area contributed by atoms with E-state index in [-0.39, 0.29) is 11.8 Å². The second-order valence-corrected chi connectivity index (χ2v) is 10.9. The molecule has 2 amide bonds. The van der Waals surface area contributed by atoms with Crippen LogP contribution >= 0.6 is 0 Å². The number of hydrogen-bond donors (Lipinski definition) is 2. The summed E-state index contributed by atoms with van der Waals surface area (Å²) in [6.07, 6.45) is 6.41. The van der Waals surface area contributed by atoms with Gasteiger partial charge in [0, 0.05) is 36.1 Å². The van der Waals surface area contributed by atoms with Crippen molar-refractivity contribution in [1.29, 1.82) is 0 Å². The summed E-state index contributed by atoms with van der Waals surface area (Å²) < 4.78 is 10.9. The monoisotopic (exact) mass is 540 g/mol. The molecule has 3 aliphatic heterocycles. The molecule has 0 atom stereocenters. The molecule has 2 saturated heterocycles. The van der Waals surface area contributed by atoms with Gasteiger partial charge in [-0.1, -0.05) is 18.2 Å². The molecular formula is C32H36N4O4. The molecule has 2 fully saturated rings. The van der Waals surface area contributed by atoms with Crippen LogP contribution in [0.4, 0.5) is 5.69 Å². The topological polar surface area (TPSA) is 86.9 Å². The molecule has 0 bridgehead atoms. The van der Waals surface area contributed by atoms with Gasteiger partial charge in [-0.2, -0.15) is 0 Å². The number of carbonyl (C=O) groups is 2. The fourth-order valence-electron chi connectivity index (χ4n) is 6.39. The van der Waals surface area contributed by atoms with Crippen molar-refractivity contribution in [3.8, 4) is 22.6 Å². The van der Waals surface area contributed by atoms with Crippen LogP contribution in [0.3, 0.4) is 0 Å². The van der Waals surface area contributed by atoms with Crippen molar-refractivity contribution in [1.82, 2.24) is 14.8 Å². The second kappa shape index (κ2) is 10.8. The minimum atomic E-state index is -0.194. The SMILES string of the molecule is COc1ccc(-c2cccc3c2/C(=C/c2[nH]c(C)cc2C(=O)N2CCC(N4CCCC4)CC2)C(=O)N3)cc1OC. The van der Waals surface area contributed by atoms with Crippen molar-refractivity contribution in [3.05, 3.63) is 65.0 Å². The van der Waals surface area contributed by atoms with Crippen LogP contribution in [0.15, 0.2) is 42.5 Å². The number of anilines is 1. The van der Waals surface area contributed by atoms with E-state index in [0.29, 0.717) is 34.4 Å². The summed E-state index contributed by atoms with van der Waals surface area (Å²) in [4.78, 5) is 34.9. The van der Waals surface area contributed by atoms with Crippen LogP contribution in [-0.2, 0) is 4.79 Å². The number of nitrogens with one attached hydrogen (secondary N) is 2. The van der Waals surface area contributed by atoms with Gasteiger partial charge in [-0.25, -0.2) is 0 Å². The Labute approximate surface area is 235 Å². The van der Waals surface area contributed by atoms with Crippen LogP contribution in [-0.4, -0.2) is 73.0 Å². The van der Waals surface area contributed by atoms with Gasteiger partial charge < -0.3 is 29.6 Å². The van der Waals surface area contributed by atoms with Crippen molar-refractivity contribution in [2.75, 3.05) is 45.7 Å². The van der Waals surface area contributed by atoms with Gasteiger partial charge in [0.15, 0.2) is 11.5 Å². The highest BCUT2D eigenvalue weighted by Crippen LogP contribution is 2.42. The van der Waals surface area contributed by atoms with Crippen LogP contribution < -0.4 is 14.8 Å². The van der Waals surface area contributed by atoms with Crippen molar-refractivity contribution in [2.24, 2.45) is 0 Å². The van der Waals surface area contributed by atoms with Crippen LogP contribution in [0.5, 0.6) is 11.5 Å². The van der Waals surface area contributed by atoms with E-state index in [9.17, 15) is 9.59 Å². The van der Waals surface area contributed by atoms with E-state index < -0.39 is 0 Å². The predicted molar refractivity (Wildman–Crippen MR) is 157 cm³/mol. The van der Waals surface area contributed by atoms with Gasteiger partial charge in [0.25, 0.3) is 11.8 Å². The van der Waals surface area contributed by atoms with Crippen LogP contribution in [0.2, 0.25) is 0 Å². The Morgan fingerprint density at radius 3 is 2.45 bits per heavy atom. The zero-order valence-electron chi connectivity index (χ0n) is 23.4. The van der Waals surface area contributed by atoms with E-state index in [1.807, 2.05) is 60.4 Å². The third-order valence-electron chi connectivity index (χ3n) is 8.43. The average molecular weight is 541 g/mol. The maximum atomic E-state index is 13.7. The van der Waals surface area contributed by atoms with Crippen molar-refractivity contribution < 1.29 is 19.1 Å². The molecule has 0 radical (unpaired) electrons. The molecule has 2 aromatic carbocycles. The van der Waals surface area contributed by atoms with Gasteiger partial charge in [0.1, 0.15) is 0 Å². The number of aryl methyl sites for hydroxylation is 1. The molecule has 3 aliphatic rings. The summed E-state index contributed by atoms with van der Waals surface area (Å²) in [5, 5.41) is 3.00. The number of benzene rings is 2. The van der Waals surface area contributed by atoms with Crippen LogP contribution in [0.25, 0.3) is 22.8 Å². The number of likely N-dealkylation sites (tertiary alicyclic amines) is 2. The molecule has 0 aliphatic carbocycles. The largest absolute Gasteiger partial charge is 0.493 e. The quantitative estimate of drug-likeness (QED) is 0.420. The molecule has 40 heavy (non-hydrogen) atoms. The molecule has 8 heteroatoms. The van der Waals surface area contributed by atoms with Gasteiger partial charge >= 0.3 is 0 Å². The summed E-state index contributed by atoms with van der Waals surface area (Å²) in [5.41, 5.74) is 6.00. The Morgan fingerprint density at radius 2 is 1.73 bits per heavy atom. The number of aromatic amines is 1. The Kier molecular flexibility index (Phi) is 7.11. The number of amides is 2. The normalized spacial score (nSPS) is 18.7. The molecule has 208 valence electrons. The molecule has 0 spiro atoms. The molecule has 0 unspecified atom stereocenters. The number of rotatable bonds is 6. The van der Waals surface area contributed by atoms with Gasteiger partial charge in [0.2, 0.25) is 0 Å². The van der Waals surface area contributed by atoms with E-state index in [1.165, 1.54) is 25.9 Å². The Morgan fingerprint density at radius 1 is 0.975 bits per heavy atom. The molecular weight excluding hydrogens is 504 g/mol. The number of H-pyrrole nitrogens is 1. The van der Waals surface area contributed by atoms with E-state index in [2.05, 4.69) is 15.2 Å². The number of fused-ring (bicyclic) bond motifs is 1. The highest BCUT2D eigenvalue weighted by molar-refractivity contribution is 6.36. The van der Waals surface area contributed by atoms with E-state index in [0.717, 1.165) is 54.0 Å². The van der Waals surface area contributed by atoms with Crippen molar-refractivity contribution >= 4 is 29.2 Å². The number of nitrogens with zero attached hydrogens (tertiary/aromatic N) is 2. The van der Waals surface area contributed by atoms with Gasteiger partial charge in [0.05, 0.1) is 31.1 Å². The Balaban J connectivity index is 1.32. The fraction of sp³-hybridized carbons (Fsp3) is 0.375. The zero-order chi connectivity index (χ0) is 27.8. The summed E-state index contributed by atoms with van der Waals surface area (Å²) in [5.74, 6) is 1.07.